The second-order valence-corrected chi connectivity index (χ2v) is 2.72. The van der Waals surface area contributed by atoms with Crippen LogP contribution in [0.2, 0.25) is 0 Å². The molecule has 0 saturated carbocycles. The van der Waals surface area contributed by atoms with E-state index in [1.165, 1.54) is 10.7 Å². The van der Waals surface area contributed by atoms with Crippen molar-refractivity contribution in [2.45, 2.75) is 26.0 Å². The minimum absolute atomic E-state index is 0.127. The summed E-state index contributed by atoms with van der Waals surface area (Å²) in [6.07, 6.45) is 1.72. The van der Waals surface area contributed by atoms with Crippen molar-refractivity contribution in [3.63, 3.8) is 0 Å². The summed E-state index contributed by atoms with van der Waals surface area (Å²) in [6, 6.07) is 3.05. The van der Waals surface area contributed by atoms with Crippen molar-refractivity contribution >= 4 is 0 Å². The van der Waals surface area contributed by atoms with Crippen molar-refractivity contribution in [3.8, 4) is 0 Å². The topological polar surface area (TPSA) is 55.1 Å². The highest BCUT2D eigenvalue weighted by atomic mass is 16.3. The van der Waals surface area contributed by atoms with Crippen LogP contribution in [0.15, 0.2) is 23.1 Å². The lowest BCUT2D eigenvalue weighted by Gasteiger charge is -2.04. The molecule has 0 fully saturated rings. The first-order chi connectivity index (χ1) is 5.70. The summed E-state index contributed by atoms with van der Waals surface area (Å²) < 4.78 is 1.34. The third-order valence-electron chi connectivity index (χ3n) is 1.54. The minimum Gasteiger partial charge on any atom is -0.393 e. The molecule has 0 radical (unpaired) electrons. The first-order valence-electron chi connectivity index (χ1n) is 3.90. The highest BCUT2D eigenvalue weighted by Gasteiger charge is 1.98. The fraction of sp³-hybridized carbons (Fsp3) is 0.500. The maximum Gasteiger partial charge on any atom is 0.266 e. The second kappa shape index (κ2) is 4.01. The fourth-order valence-electron chi connectivity index (χ4n) is 0.864. The van der Waals surface area contributed by atoms with Gasteiger partial charge in [-0.3, -0.25) is 4.79 Å². The van der Waals surface area contributed by atoms with Crippen molar-refractivity contribution in [1.82, 2.24) is 9.78 Å². The third-order valence-corrected chi connectivity index (χ3v) is 1.54. The van der Waals surface area contributed by atoms with E-state index in [2.05, 4.69) is 5.10 Å². The average molecular weight is 168 g/mol. The van der Waals surface area contributed by atoms with Crippen LogP contribution in [-0.4, -0.2) is 21.0 Å². The number of aryl methyl sites for hydroxylation is 1. The molecular formula is C8H12N2O2. The summed E-state index contributed by atoms with van der Waals surface area (Å²) in [6.45, 7) is 2.16. The maximum atomic E-state index is 11.1. The van der Waals surface area contributed by atoms with Gasteiger partial charge in [0.25, 0.3) is 5.56 Å². The number of aliphatic hydroxyl groups excluding tert-OH is 1. The first-order valence-corrected chi connectivity index (χ1v) is 3.90. The molecular weight excluding hydrogens is 156 g/mol. The molecule has 1 heterocycles. The molecule has 0 bridgehead atoms. The zero-order valence-electron chi connectivity index (χ0n) is 6.97. The lowest BCUT2D eigenvalue weighted by molar-refractivity contribution is 0.175. The van der Waals surface area contributed by atoms with Crippen molar-refractivity contribution in [2.24, 2.45) is 0 Å². The Morgan fingerprint density at radius 3 is 3.08 bits per heavy atom. The van der Waals surface area contributed by atoms with Gasteiger partial charge >= 0.3 is 0 Å². The standard InChI is InChI=1S/C8H12N2O2/c1-7(11)4-6-10-8(12)3-2-5-9-10/h2-3,5,7,11H,4,6H2,1H3. The summed E-state index contributed by atoms with van der Waals surface area (Å²) in [5, 5.41) is 12.8. The third kappa shape index (κ3) is 2.47. The fourth-order valence-corrected chi connectivity index (χ4v) is 0.864. The quantitative estimate of drug-likeness (QED) is 0.692. The van der Waals surface area contributed by atoms with Crippen LogP contribution in [0.3, 0.4) is 0 Å². The van der Waals surface area contributed by atoms with Crippen molar-refractivity contribution in [2.75, 3.05) is 0 Å². The molecule has 1 unspecified atom stereocenters. The van der Waals surface area contributed by atoms with Crippen LogP contribution in [0.25, 0.3) is 0 Å². The Kier molecular flexibility index (Phi) is 2.99. The zero-order chi connectivity index (χ0) is 8.97. The Balaban J connectivity index is 2.64. The monoisotopic (exact) mass is 168 g/mol. The molecule has 1 atom stereocenters. The molecule has 0 saturated heterocycles. The van der Waals surface area contributed by atoms with Crippen LogP contribution in [-0.2, 0) is 6.54 Å². The molecule has 0 spiro atoms. The van der Waals surface area contributed by atoms with Gasteiger partial charge in [0.15, 0.2) is 0 Å². The molecule has 1 aromatic rings. The molecule has 66 valence electrons. The minimum atomic E-state index is -0.390. The van der Waals surface area contributed by atoms with Crippen LogP contribution in [0.1, 0.15) is 13.3 Å². The highest BCUT2D eigenvalue weighted by Crippen LogP contribution is 1.90. The van der Waals surface area contributed by atoms with Crippen LogP contribution < -0.4 is 5.56 Å². The maximum absolute atomic E-state index is 11.1. The predicted octanol–water partition coefficient (Wildman–Crippen LogP) is 0.0142. The number of hydrogen-bond acceptors (Lipinski definition) is 3. The van der Waals surface area contributed by atoms with Gasteiger partial charge in [-0.2, -0.15) is 5.10 Å². The number of aliphatic hydroxyl groups is 1. The molecule has 1 rings (SSSR count). The van der Waals surface area contributed by atoms with Gasteiger partial charge in [-0.1, -0.05) is 0 Å². The first kappa shape index (κ1) is 8.93. The van der Waals surface area contributed by atoms with Gasteiger partial charge in [0.05, 0.1) is 6.10 Å². The molecule has 0 aliphatic carbocycles. The molecule has 1 N–H and O–H groups in total. The Morgan fingerprint density at radius 1 is 1.75 bits per heavy atom. The SMILES string of the molecule is CC(O)CCn1ncccc1=O. The Labute approximate surface area is 70.5 Å². The Bertz CT molecular complexity index is 293. The van der Waals surface area contributed by atoms with Gasteiger partial charge in [0, 0.05) is 18.8 Å². The Morgan fingerprint density at radius 2 is 2.50 bits per heavy atom. The number of aromatic nitrogens is 2. The van der Waals surface area contributed by atoms with E-state index in [9.17, 15) is 4.79 Å². The van der Waals surface area contributed by atoms with E-state index in [0.717, 1.165) is 0 Å². The average Bonchev–Trinajstić information content (AvgIpc) is 2.03. The normalized spacial score (nSPS) is 12.8. The Hall–Kier alpha value is -1.16. The number of nitrogens with zero attached hydrogens (tertiary/aromatic N) is 2. The van der Waals surface area contributed by atoms with E-state index in [1.807, 2.05) is 0 Å². The summed E-state index contributed by atoms with van der Waals surface area (Å²) in [5.74, 6) is 0. The van der Waals surface area contributed by atoms with Crippen molar-refractivity contribution in [3.05, 3.63) is 28.7 Å². The predicted molar refractivity (Wildman–Crippen MR) is 44.8 cm³/mol. The van der Waals surface area contributed by atoms with E-state index < -0.39 is 0 Å². The summed E-state index contributed by atoms with van der Waals surface area (Å²) in [4.78, 5) is 11.1. The van der Waals surface area contributed by atoms with Gasteiger partial charge in [0.1, 0.15) is 0 Å². The molecule has 4 nitrogen and oxygen atoms in total. The molecule has 12 heavy (non-hydrogen) atoms. The molecule has 0 aromatic carbocycles. The second-order valence-electron chi connectivity index (χ2n) is 2.72. The highest BCUT2D eigenvalue weighted by molar-refractivity contribution is 4.84. The summed E-state index contributed by atoms with van der Waals surface area (Å²) in [5.41, 5.74) is -0.127. The number of rotatable bonds is 3. The van der Waals surface area contributed by atoms with E-state index in [1.54, 1.807) is 19.2 Å². The molecule has 4 heteroatoms. The summed E-state index contributed by atoms with van der Waals surface area (Å²) in [7, 11) is 0. The van der Waals surface area contributed by atoms with Crippen LogP contribution in [0.5, 0.6) is 0 Å². The summed E-state index contributed by atoms with van der Waals surface area (Å²) >= 11 is 0. The van der Waals surface area contributed by atoms with Gasteiger partial charge < -0.3 is 5.11 Å². The van der Waals surface area contributed by atoms with Crippen LogP contribution in [0.4, 0.5) is 0 Å². The van der Waals surface area contributed by atoms with Gasteiger partial charge in [-0.05, 0) is 19.4 Å². The van der Waals surface area contributed by atoms with Gasteiger partial charge in [-0.25, -0.2) is 4.68 Å². The van der Waals surface area contributed by atoms with Gasteiger partial charge in [-0.15, -0.1) is 0 Å². The van der Waals surface area contributed by atoms with Crippen LogP contribution in [0, 0.1) is 0 Å². The van der Waals surface area contributed by atoms with Gasteiger partial charge in [0.2, 0.25) is 0 Å². The van der Waals surface area contributed by atoms with E-state index in [0.29, 0.717) is 13.0 Å². The molecule has 1 aromatic heterocycles. The van der Waals surface area contributed by atoms with E-state index in [4.69, 9.17) is 5.11 Å². The smallest absolute Gasteiger partial charge is 0.266 e. The van der Waals surface area contributed by atoms with E-state index >= 15 is 0 Å². The molecule has 0 amide bonds. The zero-order valence-corrected chi connectivity index (χ0v) is 6.97. The van der Waals surface area contributed by atoms with Crippen molar-refractivity contribution < 1.29 is 5.11 Å². The lowest BCUT2D eigenvalue weighted by atomic mass is 10.3. The lowest BCUT2D eigenvalue weighted by Crippen LogP contribution is -2.22. The van der Waals surface area contributed by atoms with Crippen molar-refractivity contribution in [1.29, 1.82) is 0 Å². The molecule has 0 aliphatic rings. The largest absolute Gasteiger partial charge is 0.393 e. The number of hydrogen-bond donors (Lipinski definition) is 1. The van der Waals surface area contributed by atoms with E-state index in [-0.39, 0.29) is 11.7 Å². The molecule has 0 aliphatic heterocycles. The van der Waals surface area contributed by atoms with Crippen LogP contribution >= 0.6 is 0 Å².